The summed E-state index contributed by atoms with van der Waals surface area (Å²) in [7, 11) is 0. The standard InChI is InChI=1S/C23H20FNO4/c24-18-8-5-16(6-9-18)15-29-20-4-2-1-3-19(20)23(26)25-14-17-7-10-21-22(13-17)28-12-11-27-21/h1-10,13H,11-12,14-15H2,(H,25,26). The molecule has 0 unspecified atom stereocenters. The van der Waals surface area contributed by atoms with Gasteiger partial charge < -0.3 is 19.5 Å². The lowest BCUT2D eigenvalue weighted by Gasteiger charge is -2.19. The summed E-state index contributed by atoms with van der Waals surface area (Å²) in [5.74, 6) is 1.33. The number of carbonyl (C=O) groups is 1. The van der Waals surface area contributed by atoms with Gasteiger partial charge in [0.2, 0.25) is 0 Å². The minimum Gasteiger partial charge on any atom is -0.488 e. The molecule has 0 spiro atoms. The molecule has 0 saturated carbocycles. The normalized spacial score (nSPS) is 12.3. The van der Waals surface area contributed by atoms with E-state index >= 15 is 0 Å². The summed E-state index contributed by atoms with van der Waals surface area (Å²) in [6.45, 7) is 1.65. The molecule has 6 heteroatoms. The van der Waals surface area contributed by atoms with Gasteiger partial charge in [0.15, 0.2) is 11.5 Å². The van der Waals surface area contributed by atoms with E-state index in [0.29, 0.717) is 42.6 Å². The molecule has 5 nitrogen and oxygen atoms in total. The van der Waals surface area contributed by atoms with Crippen LogP contribution in [0.4, 0.5) is 4.39 Å². The summed E-state index contributed by atoms with van der Waals surface area (Å²) in [5, 5.41) is 2.90. The molecule has 1 heterocycles. The highest BCUT2D eigenvalue weighted by Gasteiger charge is 2.14. The zero-order chi connectivity index (χ0) is 20.1. The van der Waals surface area contributed by atoms with Gasteiger partial charge in [-0.1, -0.05) is 30.3 Å². The second-order valence-corrected chi connectivity index (χ2v) is 6.57. The first-order valence-electron chi connectivity index (χ1n) is 9.32. The highest BCUT2D eigenvalue weighted by Crippen LogP contribution is 2.30. The van der Waals surface area contributed by atoms with Gasteiger partial charge in [-0.25, -0.2) is 4.39 Å². The molecule has 4 rings (SSSR count). The first-order valence-corrected chi connectivity index (χ1v) is 9.32. The van der Waals surface area contributed by atoms with Crippen molar-refractivity contribution >= 4 is 5.91 Å². The Morgan fingerprint density at radius 1 is 0.931 bits per heavy atom. The van der Waals surface area contributed by atoms with Gasteiger partial charge in [-0.15, -0.1) is 0 Å². The monoisotopic (exact) mass is 393 g/mol. The number of ether oxygens (including phenoxy) is 3. The Morgan fingerprint density at radius 2 is 1.66 bits per heavy atom. The molecule has 3 aromatic carbocycles. The summed E-state index contributed by atoms with van der Waals surface area (Å²) < 4.78 is 29.9. The molecule has 0 aliphatic carbocycles. The molecular formula is C23H20FNO4. The molecule has 148 valence electrons. The first kappa shape index (κ1) is 18.8. The van der Waals surface area contributed by atoms with Gasteiger partial charge in [0.25, 0.3) is 5.91 Å². The van der Waals surface area contributed by atoms with Crippen LogP contribution in [-0.4, -0.2) is 19.1 Å². The lowest BCUT2D eigenvalue weighted by molar-refractivity contribution is 0.0946. The second-order valence-electron chi connectivity index (χ2n) is 6.57. The maximum absolute atomic E-state index is 13.0. The van der Waals surface area contributed by atoms with Gasteiger partial charge in [0, 0.05) is 6.54 Å². The molecule has 1 amide bonds. The fourth-order valence-corrected chi connectivity index (χ4v) is 3.00. The van der Waals surface area contributed by atoms with Crippen molar-refractivity contribution in [3.05, 3.63) is 89.2 Å². The van der Waals surface area contributed by atoms with E-state index < -0.39 is 0 Å². The van der Waals surface area contributed by atoms with E-state index in [9.17, 15) is 9.18 Å². The highest BCUT2D eigenvalue weighted by molar-refractivity contribution is 5.96. The van der Waals surface area contributed by atoms with Crippen molar-refractivity contribution in [2.24, 2.45) is 0 Å². The van der Waals surface area contributed by atoms with Crippen LogP contribution in [0.3, 0.4) is 0 Å². The molecule has 0 fully saturated rings. The Bertz CT molecular complexity index is 1000. The Balaban J connectivity index is 1.40. The minimum absolute atomic E-state index is 0.241. The van der Waals surface area contributed by atoms with E-state index in [1.165, 1.54) is 12.1 Å². The third-order valence-corrected chi connectivity index (χ3v) is 4.50. The topological polar surface area (TPSA) is 56.8 Å². The SMILES string of the molecule is O=C(NCc1ccc2c(c1)OCCO2)c1ccccc1OCc1ccc(F)cc1. The average Bonchev–Trinajstić information content (AvgIpc) is 2.77. The van der Waals surface area contributed by atoms with Gasteiger partial charge >= 0.3 is 0 Å². The predicted octanol–water partition coefficient (Wildman–Crippen LogP) is 4.11. The van der Waals surface area contributed by atoms with Crippen molar-refractivity contribution in [1.82, 2.24) is 5.32 Å². The Morgan fingerprint density at radius 3 is 2.48 bits per heavy atom. The number of benzene rings is 3. The largest absolute Gasteiger partial charge is 0.488 e. The Hall–Kier alpha value is -3.54. The molecule has 0 radical (unpaired) electrons. The number of hydrogen-bond donors (Lipinski definition) is 1. The molecule has 0 bridgehead atoms. The molecule has 3 aromatic rings. The number of fused-ring (bicyclic) bond motifs is 1. The number of hydrogen-bond acceptors (Lipinski definition) is 4. The lowest BCUT2D eigenvalue weighted by Crippen LogP contribution is -2.23. The molecule has 0 aromatic heterocycles. The van der Waals surface area contributed by atoms with Crippen LogP contribution in [0.1, 0.15) is 21.5 Å². The van der Waals surface area contributed by atoms with Crippen LogP contribution in [0.2, 0.25) is 0 Å². The van der Waals surface area contributed by atoms with E-state index in [1.54, 1.807) is 36.4 Å². The number of rotatable bonds is 6. The fourth-order valence-electron chi connectivity index (χ4n) is 3.00. The molecule has 29 heavy (non-hydrogen) atoms. The average molecular weight is 393 g/mol. The maximum Gasteiger partial charge on any atom is 0.255 e. The summed E-state index contributed by atoms with van der Waals surface area (Å²) >= 11 is 0. The third kappa shape index (κ3) is 4.66. The van der Waals surface area contributed by atoms with Crippen LogP contribution in [0.25, 0.3) is 0 Å². The number of carbonyl (C=O) groups excluding carboxylic acids is 1. The zero-order valence-corrected chi connectivity index (χ0v) is 15.7. The fraction of sp³-hybridized carbons (Fsp3) is 0.174. The van der Waals surface area contributed by atoms with E-state index in [2.05, 4.69) is 5.32 Å². The molecule has 1 aliphatic rings. The van der Waals surface area contributed by atoms with Crippen LogP contribution in [-0.2, 0) is 13.2 Å². The van der Waals surface area contributed by atoms with Crippen molar-refractivity contribution in [2.75, 3.05) is 13.2 Å². The van der Waals surface area contributed by atoms with Crippen molar-refractivity contribution < 1.29 is 23.4 Å². The summed E-state index contributed by atoms with van der Waals surface area (Å²) in [6, 6.07) is 18.7. The van der Waals surface area contributed by atoms with E-state index in [0.717, 1.165) is 11.1 Å². The van der Waals surface area contributed by atoms with Gasteiger partial charge in [-0.3, -0.25) is 4.79 Å². The molecule has 0 saturated heterocycles. The molecule has 1 N–H and O–H groups in total. The zero-order valence-electron chi connectivity index (χ0n) is 15.7. The molecule has 1 aliphatic heterocycles. The van der Waals surface area contributed by atoms with Crippen LogP contribution in [0.5, 0.6) is 17.2 Å². The number of halogens is 1. The van der Waals surface area contributed by atoms with Crippen LogP contribution in [0.15, 0.2) is 66.7 Å². The Kier molecular flexibility index (Phi) is 5.61. The predicted molar refractivity (Wildman–Crippen MR) is 106 cm³/mol. The summed E-state index contributed by atoms with van der Waals surface area (Å²) in [6.07, 6.45) is 0. The summed E-state index contributed by atoms with van der Waals surface area (Å²) in [4.78, 5) is 12.7. The van der Waals surface area contributed by atoms with Crippen LogP contribution >= 0.6 is 0 Å². The molecular weight excluding hydrogens is 373 g/mol. The second kappa shape index (κ2) is 8.65. The van der Waals surface area contributed by atoms with Gasteiger partial charge in [-0.2, -0.15) is 0 Å². The van der Waals surface area contributed by atoms with Gasteiger partial charge in [0.1, 0.15) is 31.4 Å². The van der Waals surface area contributed by atoms with Crippen molar-refractivity contribution in [1.29, 1.82) is 0 Å². The van der Waals surface area contributed by atoms with Crippen LogP contribution in [0, 0.1) is 5.82 Å². The number of nitrogens with one attached hydrogen (secondary N) is 1. The van der Waals surface area contributed by atoms with Crippen molar-refractivity contribution in [3.8, 4) is 17.2 Å². The minimum atomic E-state index is -0.298. The van der Waals surface area contributed by atoms with E-state index in [4.69, 9.17) is 14.2 Å². The molecule has 0 atom stereocenters. The van der Waals surface area contributed by atoms with E-state index in [-0.39, 0.29) is 18.3 Å². The third-order valence-electron chi connectivity index (χ3n) is 4.50. The summed E-state index contributed by atoms with van der Waals surface area (Å²) in [5.41, 5.74) is 2.16. The van der Waals surface area contributed by atoms with Crippen LogP contribution < -0.4 is 19.5 Å². The van der Waals surface area contributed by atoms with Crippen molar-refractivity contribution in [2.45, 2.75) is 13.2 Å². The quantitative estimate of drug-likeness (QED) is 0.685. The number of para-hydroxylation sites is 1. The van der Waals surface area contributed by atoms with Gasteiger partial charge in [0.05, 0.1) is 5.56 Å². The first-order chi connectivity index (χ1) is 14.2. The maximum atomic E-state index is 13.0. The van der Waals surface area contributed by atoms with Gasteiger partial charge in [-0.05, 0) is 47.5 Å². The smallest absolute Gasteiger partial charge is 0.255 e. The highest BCUT2D eigenvalue weighted by atomic mass is 19.1. The Labute approximate surface area is 168 Å². The lowest BCUT2D eigenvalue weighted by atomic mass is 10.1. The van der Waals surface area contributed by atoms with Crippen molar-refractivity contribution in [3.63, 3.8) is 0 Å². The van der Waals surface area contributed by atoms with E-state index in [1.807, 2.05) is 18.2 Å². The number of amides is 1.